The average Bonchev–Trinajstić information content (AvgIpc) is 4.14. The second-order valence-corrected chi connectivity index (χ2v) is 18.1. The lowest BCUT2D eigenvalue weighted by Crippen LogP contribution is -2.38. The Morgan fingerprint density at radius 3 is 2.33 bits per heavy atom. The highest BCUT2D eigenvalue weighted by Gasteiger charge is 2.67. The Labute approximate surface area is 361 Å². The number of carbonyl (C=O) groups is 1. The van der Waals surface area contributed by atoms with E-state index in [9.17, 15) is 44.3 Å². The minimum absolute atomic E-state index is 0.0453. The van der Waals surface area contributed by atoms with Gasteiger partial charge in [0.25, 0.3) is 24.3 Å². The molecule has 64 heavy (non-hydrogen) atoms. The molecule has 9 rings (SSSR count). The Balaban J connectivity index is 1.24. The van der Waals surface area contributed by atoms with Crippen LogP contribution in [0, 0.1) is 17.6 Å². The summed E-state index contributed by atoms with van der Waals surface area (Å²) in [5, 5.41) is 9.20. The van der Waals surface area contributed by atoms with Crippen LogP contribution in [-0.2, 0) is 46.7 Å². The quantitative estimate of drug-likeness (QED) is 0.102. The lowest BCUT2D eigenvalue weighted by Gasteiger charge is -2.24. The number of aryl methyl sites for hydroxylation is 1. The van der Waals surface area contributed by atoms with E-state index in [1.807, 2.05) is 6.92 Å². The van der Waals surface area contributed by atoms with Gasteiger partial charge in [0.1, 0.15) is 47.6 Å². The average molecular weight is 937 g/mol. The number of anilines is 1. The molecule has 3 aliphatic carbocycles. The fourth-order valence-electron chi connectivity index (χ4n) is 8.26. The molecular weight excluding hydrogens is 904 g/mol. The molecule has 0 aliphatic heterocycles. The van der Waals surface area contributed by atoms with Crippen molar-refractivity contribution in [1.82, 2.24) is 44.4 Å². The summed E-state index contributed by atoms with van der Waals surface area (Å²) in [6, 6.07) is 4.09. The second kappa shape index (κ2) is 15.9. The summed E-state index contributed by atoms with van der Waals surface area (Å²) in [5.74, 6) is -10.0. The minimum atomic E-state index is -4.08. The molecule has 2 aromatic carbocycles. The van der Waals surface area contributed by atoms with Gasteiger partial charge in [0, 0.05) is 42.4 Å². The fraction of sp³-hybridized carbons (Fsp3) is 0.375. The highest BCUT2D eigenvalue weighted by atomic mass is 35.5. The highest BCUT2D eigenvalue weighted by Crippen LogP contribution is 2.68. The van der Waals surface area contributed by atoms with E-state index in [0.717, 1.165) is 27.4 Å². The zero-order valence-corrected chi connectivity index (χ0v) is 34.6. The monoisotopic (exact) mass is 936 g/mol. The van der Waals surface area contributed by atoms with Gasteiger partial charge >= 0.3 is 0 Å². The highest BCUT2D eigenvalue weighted by molar-refractivity contribution is 7.93. The molecule has 2 saturated carbocycles. The van der Waals surface area contributed by atoms with E-state index in [2.05, 4.69) is 35.2 Å². The third kappa shape index (κ3) is 7.85. The van der Waals surface area contributed by atoms with E-state index in [1.54, 1.807) is 0 Å². The van der Waals surface area contributed by atoms with Crippen LogP contribution in [0.4, 0.5) is 40.9 Å². The van der Waals surface area contributed by atoms with Crippen molar-refractivity contribution >= 4 is 44.3 Å². The fourth-order valence-corrected chi connectivity index (χ4v) is 9.84. The van der Waals surface area contributed by atoms with Crippen LogP contribution < -0.4 is 15.6 Å². The first kappa shape index (κ1) is 43.3. The van der Waals surface area contributed by atoms with E-state index in [1.165, 1.54) is 24.5 Å². The number of hydrogen-bond acceptors (Lipinski definition) is 9. The minimum Gasteiger partial charge on any atom is -0.344 e. The van der Waals surface area contributed by atoms with Gasteiger partial charge in [-0.1, -0.05) is 18.5 Å². The van der Waals surface area contributed by atoms with Crippen LogP contribution in [0.1, 0.15) is 78.5 Å². The topological polar surface area (TPSA) is 172 Å². The maximum atomic E-state index is 15.5. The molecule has 24 heteroatoms. The lowest BCUT2D eigenvalue weighted by atomic mass is 10.0. The van der Waals surface area contributed by atoms with E-state index >= 15 is 8.78 Å². The van der Waals surface area contributed by atoms with Crippen LogP contribution in [0.2, 0.25) is 5.02 Å². The molecule has 6 aromatic rings. The number of sulfonamides is 1. The summed E-state index contributed by atoms with van der Waals surface area (Å²) in [5.41, 5.74) is -3.32. The third-order valence-electron chi connectivity index (χ3n) is 11.3. The molecular formula is C40H33ClF8N10O4S. The Bertz CT molecular complexity index is 3010. The van der Waals surface area contributed by atoms with Crippen molar-refractivity contribution in [2.75, 3.05) is 4.72 Å². The Morgan fingerprint density at radius 1 is 0.984 bits per heavy atom. The van der Waals surface area contributed by atoms with Crippen molar-refractivity contribution < 1.29 is 48.3 Å². The first-order valence-electron chi connectivity index (χ1n) is 19.8. The van der Waals surface area contributed by atoms with Gasteiger partial charge in [0.05, 0.1) is 32.9 Å². The summed E-state index contributed by atoms with van der Waals surface area (Å²) in [6.45, 7) is -0.380. The van der Waals surface area contributed by atoms with E-state index in [4.69, 9.17) is 11.6 Å². The van der Waals surface area contributed by atoms with Crippen LogP contribution in [-0.4, -0.2) is 65.1 Å². The molecule has 4 aromatic heterocycles. The van der Waals surface area contributed by atoms with Crippen molar-refractivity contribution in [2.24, 2.45) is 5.92 Å². The van der Waals surface area contributed by atoms with Gasteiger partial charge in [-0.25, -0.2) is 49.7 Å². The summed E-state index contributed by atoms with van der Waals surface area (Å²) in [4.78, 5) is 42.0. The lowest BCUT2D eigenvalue weighted by molar-refractivity contribution is -0.123. The van der Waals surface area contributed by atoms with Crippen molar-refractivity contribution in [3.05, 3.63) is 110 Å². The number of nitrogens with zero attached hydrogens (tertiary/aromatic N) is 8. The normalized spacial score (nSPS) is 18.1. The number of hydrogen-bond donors (Lipinski definition) is 2. The van der Waals surface area contributed by atoms with E-state index < -0.39 is 118 Å². The van der Waals surface area contributed by atoms with Gasteiger partial charge in [0.2, 0.25) is 15.9 Å². The van der Waals surface area contributed by atoms with Gasteiger partial charge in [-0.2, -0.15) is 19.0 Å². The maximum absolute atomic E-state index is 15.5. The van der Waals surface area contributed by atoms with Gasteiger partial charge in [-0.05, 0) is 67.0 Å². The predicted octanol–water partition coefficient (Wildman–Crippen LogP) is 7.15. The Morgan fingerprint density at radius 2 is 1.69 bits per heavy atom. The smallest absolute Gasteiger partial charge is 0.293 e. The Kier molecular flexibility index (Phi) is 10.8. The number of amides is 1. The molecule has 0 bridgehead atoms. The van der Waals surface area contributed by atoms with Crippen LogP contribution in [0.25, 0.3) is 28.1 Å². The van der Waals surface area contributed by atoms with Crippen LogP contribution in [0.15, 0.2) is 53.6 Å². The molecule has 4 heterocycles. The number of fused-ring (bicyclic) bond motifs is 4. The number of alkyl halides is 6. The number of carbonyl (C=O) groups excluding carboxylic acids is 1. The number of nitrogens with one attached hydrogen (secondary N) is 2. The standard InChI is InChI=1S/C40H33ClF8N10O4S/c1-2-17-13-50-37(51-14-17)25-12-30(61)59(27-6-5-24(41)32-34(27)57(15-28(44)45)55-38(32)56-64(62,63)21-3-4-21)39(53-25)26(9-18-7-19(42)10-20(43)8-18)52-29(60)16-58-35-31(33(54-58)36(46)47)22-11-23(22)40(35,48)49/h5-8,10,12-14,21-23,26,28,36H,2-4,9,11,15-16H2,1H3,(H,52,60)(H,55,56)/t22-,23+,26-/m0/s1. The van der Waals surface area contributed by atoms with Gasteiger partial charge < -0.3 is 5.32 Å². The van der Waals surface area contributed by atoms with Gasteiger partial charge in [0.15, 0.2) is 11.6 Å². The molecule has 0 radical (unpaired) electrons. The maximum Gasteiger partial charge on any atom is 0.293 e. The zero-order valence-electron chi connectivity index (χ0n) is 33.1. The second-order valence-electron chi connectivity index (χ2n) is 15.8. The molecule has 0 saturated heterocycles. The molecule has 1 amide bonds. The number of rotatable bonds is 15. The van der Waals surface area contributed by atoms with Crippen molar-refractivity contribution in [2.45, 2.75) is 88.1 Å². The molecule has 2 N–H and O–H groups in total. The first-order chi connectivity index (χ1) is 30.3. The van der Waals surface area contributed by atoms with Crippen LogP contribution in [0.3, 0.4) is 0 Å². The van der Waals surface area contributed by atoms with Gasteiger partial charge in [-0.15, -0.1) is 0 Å². The molecule has 3 atom stereocenters. The number of halogens is 9. The third-order valence-corrected chi connectivity index (χ3v) is 13.5. The predicted molar refractivity (Wildman–Crippen MR) is 213 cm³/mol. The summed E-state index contributed by atoms with van der Waals surface area (Å²) in [7, 11) is -4.08. The number of aromatic nitrogens is 8. The van der Waals surface area contributed by atoms with Crippen LogP contribution in [0.5, 0.6) is 0 Å². The van der Waals surface area contributed by atoms with E-state index in [-0.39, 0.29) is 50.7 Å². The molecule has 2 fully saturated rings. The summed E-state index contributed by atoms with van der Waals surface area (Å²) >= 11 is 6.61. The van der Waals surface area contributed by atoms with Crippen molar-refractivity contribution in [1.29, 1.82) is 0 Å². The molecule has 3 aliphatic rings. The van der Waals surface area contributed by atoms with Crippen molar-refractivity contribution in [3.63, 3.8) is 0 Å². The molecule has 336 valence electrons. The number of benzene rings is 2. The van der Waals surface area contributed by atoms with E-state index in [0.29, 0.717) is 35.6 Å². The van der Waals surface area contributed by atoms with Crippen molar-refractivity contribution in [3.8, 4) is 17.2 Å². The SMILES string of the molecule is CCc1cnc(-c2cc(=O)n(-c3ccc(Cl)c4c(NS(=O)(=O)C5CC5)nn(CC(F)F)c34)c([C@H](Cc3cc(F)cc(F)c3)NC(=O)Cn3nc(C(F)F)c4c3C(F)(F)[C@@H]3C[C@H]43)n2)nc1. The largest absolute Gasteiger partial charge is 0.344 e. The Hall–Kier alpha value is -5.97. The molecule has 0 unspecified atom stereocenters. The summed E-state index contributed by atoms with van der Waals surface area (Å²) in [6.07, 6.45) is -2.89. The van der Waals surface area contributed by atoms with Gasteiger partial charge in [-0.3, -0.25) is 28.2 Å². The first-order valence-corrected chi connectivity index (χ1v) is 21.7. The molecule has 14 nitrogen and oxygen atoms in total. The van der Waals surface area contributed by atoms with Crippen LogP contribution >= 0.6 is 11.6 Å². The molecule has 0 spiro atoms. The zero-order chi connectivity index (χ0) is 45.6. The summed E-state index contributed by atoms with van der Waals surface area (Å²) < 4.78 is 148.